The Morgan fingerprint density at radius 2 is 1.86 bits per heavy atom. The summed E-state index contributed by atoms with van der Waals surface area (Å²) in [6.45, 7) is 4.02. The molecule has 146 valence electrons. The zero-order valence-electron chi connectivity index (χ0n) is 15.3. The van der Waals surface area contributed by atoms with Crippen molar-refractivity contribution in [2.24, 2.45) is 0 Å². The fourth-order valence-corrected chi connectivity index (χ4v) is 3.08. The van der Waals surface area contributed by atoms with E-state index in [4.69, 9.17) is 4.74 Å². The molecule has 2 aromatic heterocycles. The number of anilines is 2. The summed E-state index contributed by atoms with van der Waals surface area (Å²) in [5.74, 6) is -0.431. The number of halogens is 2. The highest BCUT2D eigenvalue weighted by Crippen LogP contribution is 2.30. The van der Waals surface area contributed by atoms with Crippen molar-refractivity contribution in [2.45, 2.75) is 6.92 Å². The van der Waals surface area contributed by atoms with Crippen LogP contribution in [0.2, 0.25) is 0 Å². The molecule has 0 bridgehead atoms. The highest BCUT2D eigenvalue weighted by atomic mass is 35.5. The number of aromatic nitrogens is 2. The monoisotopic (exact) mass is 402 g/mol. The summed E-state index contributed by atoms with van der Waals surface area (Å²) < 4.78 is 18.6. The van der Waals surface area contributed by atoms with E-state index >= 15 is 0 Å². The van der Waals surface area contributed by atoms with Crippen LogP contribution in [0.15, 0.2) is 42.6 Å². The number of carbonyl (C=O) groups excluding carboxylic acids is 1. The highest BCUT2D eigenvalue weighted by molar-refractivity contribution is 6.07. The molecular formula is C20H20ClFN4O2. The van der Waals surface area contributed by atoms with Crippen molar-refractivity contribution in [1.29, 1.82) is 0 Å². The first kappa shape index (κ1) is 20.0. The summed E-state index contributed by atoms with van der Waals surface area (Å²) in [6, 6.07) is 9.78. The SMILES string of the molecule is Cc1ccc2c(Nc3ccc(F)cc3)c(C(=O)N3CCOCC3)cnc2n1.Cl. The average molecular weight is 403 g/mol. The molecule has 6 nitrogen and oxygen atoms in total. The lowest BCUT2D eigenvalue weighted by Gasteiger charge is -2.27. The quantitative estimate of drug-likeness (QED) is 0.723. The highest BCUT2D eigenvalue weighted by Gasteiger charge is 2.23. The number of hydrogen-bond donors (Lipinski definition) is 1. The molecule has 3 heterocycles. The van der Waals surface area contributed by atoms with Crippen LogP contribution in [0.25, 0.3) is 11.0 Å². The van der Waals surface area contributed by atoms with Crippen molar-refractivity contribution < 1.29 is 13.9 Å². The van der Waals surface area contributed by atoms with Gasteiger partial charge in [0.25, 0.3) is 5.91 Å². The summed E-state index contributed by atoms with van der Waals surface area (Å²) in [6.07, 6.45) is 1.55. The molecule has 1 amide bonds. The molecule has 3 aromatic rings. The minimum absolute atomic E-state index is 0. The number of benzene rings is 1. The number of hydrogen-bond acceptors (Lipinski definition) is 5. The zero-order valence-corrected chi connectivity index (χ0v) is 16.1. The van der Waals surface area contributed by atoms with Crippen LogP contribution in [0.4, 0.5) is 15.8 Å². The Labute approximate surface area is 168 Å². The Kier molecular flexibility index (Phi) is 6.06. The third-order valence-corrected chi connectivity index (χ3v) is 4.51. The predicted molar refractivity (Wildman–Crippen MR) is 108 cm³/mol. The van der Waals surface area contributed by atoms with Crippen LogP contribution in [0.1, 0.15) is 16.1 Å². The topological polar surface area (TPSA) is 67.4 Å². The summed E-state index contributed by atoms with van der Waals surface area (Å²) in [5.41, 5.74) is 3.16. The molecule has 1 fully saturated rings. The molecule has 0 aliphatic carbocycles. The minimum Gasteiger partial charge on any atom is -0.378 e. The second-order valence-corrected chi connectivity index (χ2v) is 6.41. The van der Waals surface area contributed by atoms with Crippen molar-refractivity contribution in [1.82, 2.24) is 14.9 Å². The number of ether oxygens (including phenoxy) is 1. The van der Waals surface area contributed by atoms with Gasteiger partial charge in [-0.25, -0.2) is 14.4 Å². The van der Waals surface area contributed by atoms with Gasteiger partial charge in [-0.05, 0) is 43.3 Å². The Bertz CT molecular complexity index is 991. The van der Waals surface area contributed by atoms with Gasteiger partial charge < -0.3 is 15.0 Å². The fraction of sp³-hybridized carbons (Fsp3) is 0.250. The molecule has 0 spiro atoms. The van der Waals surface area contributed by atoms with Gasteiger partial charge in [-0.2, -0.15) is 0 Å². The van der Waals surface area contributed by atoms with E-state index < -0.39 is 0 Å². The number of amides is 1. The predicted octanol–water partition coefficient (Wildman–Crippen LogP) is 3.72. The van der Waals surface area contributed by atoms with Crippen LogP contribution in [-0.2, 0) is 4.74 Å². The van der Waals surface area contributed by atoms with Crippen molar-refractivity contribution in [3.8, 4) is 0 Å². The molecule has 0 atom stereocenters. The number of fused-ring (bicyclic) bond motifs is 1. The van der Waals surface area contributed by atoms with Crippen molar-refractivity contribution in [3.05, 3.63) is 59.7 Å². The van der Waals surface area contributed by atoms with Crippen molar-refractivity contribution >= 4 is 40.7 Å². The maximum Gasteiger partial charge on any atom is 0.257 e. The van der Waals surface area contributed by atoms with E-state index in [1.807, 2.05) is 19.1 Å². The van der Waals surface area contributed by atoms with Crippen molar-refractivity contribution in [2.75, 3.05) is 31.6 Å². The Morgan fingerprint density at radius 1 is 1.14 bits per heavy atom. The normalized spacial score (nSPS) is 13.9. The van der Waals surface area contributed by atoms with Gasteiger partial charge in [-0.3, -0.25) is 4.79 Å². The number of pyridine rings is 2. The molecule has 1 aromatic carbocycles. The molecule has 28 heavy (non-hydrogen) atoms. The second-order valence-electron chi connectivity index (χ2n) is 6.41. The van der Waals surface area contributed by atoms with E-state index in [1.54, 1.807) is 23.2 Å². The van der Waals surface area contributed by atoms with Gasteiger partial charge in [0.15, 0.2) is 5.65 Å². The van der Waals surface area contributed by atoms with E-state index in [2.05, 4.69) is 15.3 Å². The van der Waals surface area contributed by atoms with Crippen LogP contribution in [0.5, 0.6) is 0 Å². The summed E-state index contributed by atoms with van der Waals surface area (Å²) >= 11 is 0. The minimum atomic E-state index is -0.318. The van der Waals surface area contributed by atoms with E-state index in [-0.39, 0.29) is 24.1 Å². The van der Waals surface area contributed by atoms with Gasteiger partial charge in [-0.15, -0.1) is 12.4 Å². The fourth-order valence-electron chi connectivity index (χ4n) is 3.08. The first-order valence-corrected chi connectivity index (χ1v) is 8.78. The molecule has 1 N–H and O–H groups in total. The molecule has 1 saturated heterocycles. The van der Waals surface area contributed by atoms with Crippen molar-refractivity contribution in [3.63, 3.8) is 0 Å². The van der Waals surface area contributed by atoms with Crippen LogP contribution >= 0.6 is 12.4 Å². The van der Waals surface area contributed by atoms with E-state index in [1.165, 1.54) is 12.1 Å². The molecule has 4 rings (SSSR count). The number of aryl methyl sites for hydroxylation is 1. The molecule has 0 saturated carbocycles. The molecule has 1 aliphatic rings. The van der Waals surface area contributed by atoms with E-state index in [0.29, 0.717) is 48.9 Å². The Hall–Kier alpha value is -2.77. The van der Waals surface area contributed by atoms with Gasteiger partial charge in [-0.1, -0.05) is 0 Å². The smallest absolute Gasteiger partial charge is 0.257 e. The van der Waals surface area contributed by atoms with Crippen LogP contribution < -0.4 is 5.32 Å². The number of carbonyl (C=O) groups is 1. The standard InChI is InChI=1S/C20H19FN4O2.ClH/c1-13-2-7-16-18(24-15-5-3-14(21)4-6-15)17(12-22-19(16)23-13)20(26)25-8-10-27-11-9-25;/h2-7,12H,8-11H2,1H3,(H,22,23,24);1H. The third kappa shape index (κ3) is 4.05. The van der Waals surface area contributed by atoms with Crippen LogP contribution in [0, 0.1) is 12.7 Å². The van der Waals surface area contributed by atoms with Gasteiger partial charge in [0, 0.05) is 36.1 Å². The molecule has 1 aliphatic heterocycles. The lowest BCUT2D eigenvalue weighted by Crippen LogP contribution is -2.41. The number of rotatable bonds is 3. The van der Waals surface area contributed by atoms with Crippen LogP contribution in [-0.4, -0.2) is 47.1 Å². The summed E-state index contributed by atoms with van der Waals surface area (Å²) in [4.78, 5) is 23.7. The summed E-state index contributed by atoms with van der Waals surface area (Å²) in [7, 11) is 0. The van der Waals surface area contributed by atoms with E-state index in [0.717, 1.165) is 11.1 Å². The number of morpholine rings is 1. The third-order valence-electron chi connectivity index (χ3n) is 4.51. The largest absolute Gasteiger partial charge is 0.378 e. The first-order chi connectivity index (χ1) is 13.1. The summed E-state index contributed by atoms with van der Waals surface area (Å²) in [5, 5.41) is 4.00. The maximum absolute atomic E-state index is 13.3. The van der Waals surface area contributed by atoms with E-state index in [9.17, 15) is 9.18 Å². The van der Waals surface area contributed by atoms with Gasteiger partial charge >= 0.3 is 0 Å². The number of nitrogens with zero attached hydrogens (tertiary/aromatic N) is 3. The lowest BCUT2D eigenvalue weighted by atomic mass is 10.1. The van der Waals surface area contributed by atoms with Gasteiger partial charge in [0.2, 0.25) is 0 Å². The lowest BCUT2D eigenvalue weighted by molar-refractivity contribution is 0.0303. The Morgan fingerprint density at radius 3 is 2.57 bits per heavy atom. The number of nitrogens with one attached hydrogen (secondary N) is 1. The maximum atomic E-state index is 13.3. The zero-order chi connectivity index (χ0) is 18.8. The second kappa shape index (κ2) is 8.50. The molecule has 0 radical (unpaired) electrons. The van der Waals surface area contributed by atoms with Gasteiger partial charge in [0.05, 0.1) is 24.5 Å². The molecule has 8 heteroatoms. The molecular weight excluding hydrogens is 383 g/mol. The average Bonchev–Trinajstić information content (AvgIpc) is 2.70. The Balaban J connectivity index is 0.00000225. The molecule has 0 unspecified atom stereocenters. The first-order valence-electron chi connectivity index (χ1n) is 8.78. The van der Waals surface area contributed by atoms with Gasteiger partial charge in [0.1, 0.15) is 5.82 Å². The van der Waals surface area contributed by atoms with Crippen LogP contribution in [0.3, 0.4) is 0 Å².